The number of ether oxygens (including phenoxy) is 1. The smallest absolute Gasteiger partial charge is 0.352 e. The van der Waals surface area contributed by atoms with Gasteiger partial charge in [-0.2, -0.15) is 10.1 Å². The van der Waals surface area contributed by atoms with Crippen molar-refractivity contribution in [1.82, 2.24) is 24.3 Å². The summed E-state index contributed by atoms with van der Waals surface area (Å²) in [6.45, 7) is 2.43. The van der Waals surface area contributed by atoms with Crippen LogP contribution in [-0.2, 0) is 18.3 Å². The summed E-state index contributed by atoms with van der Waals surface area (Å²) >= 11 is 0. The molecular formula is C17H17N5O4. The summed E-state index contributed by atoms with van der Waals surface area (Å²) in [6.07, 6.45) is 0.739. The van der Waals surface area contributed by atoms with Crippen molar-refractivity contribution in [1.29, 1.82) is 0 Å². The van der Waals surface area contributed by atoms with E-state index in [4.69, 9.17) is 0 Å². The molecule has 0 fully saturated rings. The van der Waals surface area contributed by atoms with E-state index in [1.165, 1.54) is 18.8 Å². The van der Waals surface area contributed by atoms with Gasteiger partial charge in [0.1, 0.15) is 0 Å². The predicted molar refractivity (Wildman–Crippen MR) is 93.0 cm³/mol. The second kappa shape index (κ2) is 6.87. The first-order valence-corrected chi connectivity index (χ1v) is 8.01. The maximum Gasteiger partial charge on any atom is 0.352 e. The molecular weight excluding hydrogens is 338 g/mol. The maximum absolute atomic E-state index is 12.4. The average Bonchev–Trinajstić information content (AvgIpc) is 2.66. The summed E-state index contributed by atoms with van der Waals surface area (Å²) in [5.74, 6) is 0.0212. The van der Waals surface area contributed by atoms with Gasteiger partial charge in [-0.3, -0.25) is 9.36 Å². The third-order valence-electron chi connectivity index (χ3n) is 3.88. The highest BCUT2D eigenvalue weighted by Crippen LogP contribution is 2.20. The van der Waals surface area contributed by atoms with E-state index in [1.807, 2.05) is 6.92 Å². The first-order valence-electron chi connectivity index (χ1n) is 8.01. The van der Waals surface area contributed by atoms with Gasteiger partial charge in [0.2, 0.25) is 0 Å². The molecule has 1 aromatic carbocycles. The van der Waals surface area contributed by atoms with Crippen molar-refractivity contribution in [2.45, 2.75) is 19.9 Å². The normalized spacial score (nSPS) is 10.9. The van der Waals surface area contributed by atoms with Crippen molar-refractivity contribution >= 4 is 5.97 Å². The summed E-state index contributed by atoms with van der Waals surface area (Å²) < 4.78 is 7.10. The van der Waals surface area contributed by atoms with E-state index in [0.29, 0.717) is 23.5 Å². The second-order valence-corrected chi connectivity index (χ2v) is 5.66. The topological polar surface area (TPSA) is 109 Å². The molecule has 0 amide bonds. The van der Waals surface area contributed by atoms with Crippen LogP contribution >= 0.6 is 0 Å². The zero-order valence-electron chi connectivity index (χ0n) is 14.6. The van der Waals surface area contributed by atoms with Crippen molar-refractivity contribution < 1.29 is 9.53 Å². The molecule has 9 heteroatoms. The molecule has 0 radical (unpaired) electrons. The number of nitrogens with zero attached hydrogens (tertiary/aromatic N) is 5. The van der Waals surface area contributed by atoms with Crippen molar-refractivity contribution in [3.05, 3.63) is 50.7 Å². The van der Waals surface area contributed by atoms with Crippen LogP contribution in [0.25, 0.3) is 22.9 Å². The summed E-state index contributed by atoms with van der Waals surface area (Å²) in [5.41, 5.74) is -0.0851. The Balaban J connectivity index is 2.21. The lowest BCUT2D eigenvalue weighted by Gasteiger charge is -2.14. The van der Waals surface area contributed by atoms with E-state index < -0.39 is 17.2 Å². The molecule has 1 aromatic rings. The molecule has 0 atom stereocenters. The number of fused-ring (bicyclic) bond motifs is 1. The van der Waals surface area contributed by atoms with Crippen LogP contribution < -0.4 is 11.2 Å². The van der Waals surface area contributed by atoms with Crippen LogP contribution in [0.15, 0.2) is 33.9 Å². The first-order chi connectivity index (χ1) is 12.5. The van der Waals surface area contributed by atoms with E-state index in [2.05, 4.69) is 19.8 Å². The van der Waals surface area contributed by atoms with Crippen molar-refractivity contribution in [2.75, 3.05) is 7.11 Å². The van der Waals surface area contributed by atoms with E-state index >= 15 is 0 Å². The van der Waals surface area contributed by atoms with Gasteiger partial charge in [-0.1, -0.05) is 19.1 Å². The number of esters is 1. The van der Waals surface area contributed by atoms with Gasteiger partial charge in [0.25, 0.3) is 5.56 Å². The highest BCUT2D eigenvalue weighted by molar-refractivity contribution is 5.89. The molecule has 134 valence electrons. The first kappa shape index (κ1) is 17.5. The number of carbonyl (C=O) groups excluding carboxylic acids is 1. The monoisotopic (exact) mass is 355 g/mol. The van der Waals surface area contributed by atoms with Gasteiger partial charge >= 0.3 is 11.7 Å². The Kier molecular flexibility index (Phi) is 4.61. The minimum absolute atomic E-state index is 0.0718. The largest absolute Gasteiger partial charge is 0.465 e. The maximum atomic E-state index is 12.4. The van der Waals surface area contributed by atoms with Crippen LogP contribution in [0.1, 0.15) is 23.7 Å². The number of benzene rings is 1. The Morgan fingerprint density at radius 2 is 1.85 bits per heavy atom. The van der Waals surface area contributed by atoms with Crippen LogP contribution in [0.2, 0.25) is 0 Å². The Hall–Kier alpha value is -3.36. The molecule has 0 aliphatic carbocycles. The summed E-state index contributed by atoms with van der Waals surface area (Å²) in [7, 11) is 2.66. The standard InChI is InChI=1S/C17H17N5O4/c1-4-9-22-14-12(15(23)21(2)17(25)19-14)18-13(20-22)10-5-7-11(8-6-10)16(24)26-3/h5-8H,4,9H2,1-3H3. The lowest BCUT2D eigenvalue weighted by molar-refractivity contribution is 0.0601. The van der Waals surface area contributed by atoms with E-state index in [0.717, 1.165) is 11.0 Å². The molecule has 0 N–H and O–H groups in total. The molecule has 2 aliphatic heterocycles. The van der Waals surface area contributed by atoms with Crippen LogP contribution in [-0.4, -0.2) is 37.4 Å². The molecule has 9 nitrogen and oxygen atoms in total. The van der Waals surface area contributed by atoms with E-state index in [9.17, 15) is 14.4 Å². The van der Waals surface area contributed by atoms with Crippen molar-refractivity contribution in [2.24, 2.45) is 7.05 Å². The molecule has 2 aliphatic rings. The number of carbonyl (C=O) groups is 1. The second-order valence-electron chi connectivity index (χ2n) is 5.66. The summed E-state index contributed by atoms with van der Waals surface area (Å²) in [6, 6.07) is 6.53. The molecule has 0 saturated heterocycles. The summed E-state index contributed by atoms with van der Waals surface area (Å²) in [4.78, 5) is 44.0. The molecule has 2 heterocycles. The fourth-order valence-corrected chi connectivity index (χ4v) is 2.49. The fraction of sp³-hybridized carbons (Fsp3) is 0.294. The number of rotatable bonds is 4. The lowest BCUT2D eigenvalue weighted by Crippen LogP contribution is -2.37. The van der Waals surface area contributed by atoms with Crippen molar-refractivity contribution in [3.63, 3.8) is 0 Å². The van der Waals surface area contributed by atoms with Gasteiger partial charge in [0.15, 0.2) is 17.3 Å². The Morgan fingerprint density at radius 3 is 2.46 bits per heavy atom. The van der Waals surface area contributed by atoms with Crippen LogP contribution in [0.5, 0.6) is 0 Å². The number of aryl methyl sites for hydroxylation is 1. The zero-order chi connectivity index (χ0) is 18.8. The average molecular weight is 355 g/mol. The predicted octanol–water partition coefficient (Wildman–Crippen LogP) is 0.700. The number of hydrogen-bond donors (Lipinski definition) is 0. The highest BCUT2D eigenvalue weighted by Gasteiger charge is 2.20. The van der Waals surface area contributed by atoms with Gasteiger partial charge in [0.05, 0.1) is 12.7 Å². The van der Waals surface area contributed by atoms with Crippen molar-refractivity contribution in [3.8, 4) is 22.9 Å². The molecule has 0 aromatic heterocycles. The van der Waals surface area contributed by atoms with Gasteiger partial charge in [0, 0.05) is 19.2 Å². The highest BCUT2D eigenvalue weighted by atomic mass is 16.5. The fourth-order valence-electron chi connectivity index (χ4n) is 2.49. The lowest BCUT2D eigenvalue weighted by atomic mass is 10.1. The molecule has 0 unspecified atom stereocenters. The third-order valence-corrected chi connectivity index (χ3v) is 3.88. The molecule has 26 heavy (non-hydrogen) atoms. The Labute approximate surface area is 148 Å². The Bertz CT molecular complexity index is 1050. The number of methoxy groups -OCH3 is 1. The summed E-state index contributed by atoms with van der Waals surface area (Å²) in [5, 5.41) is 4.41. The van der Waals surface area contributed by atoms with Crippen LogP contribution in [0.3, 0.4) is 0 Å². The van der Waals surface area contributed by atoms with Gasteiger partial charge < -0.3 is 4.74 Å². The van der Waals surface area contributed by atoms with Crippen LogP contribution in [0, 0.1) is 0 Å². The molecule has 0 spiro atoms. The molecule has 3 rings (SSSR count). The Morgan fingerprint density at radius 1 is 1.15 bits per heavy atom. The quantitative estimate of drug-likeness (QED) is 0.634. The number of aromatic nitrogens is 5. The third kappa shape index (κ3) is 2.99. The zero-order valence-corrected chi connectivity index (χ0v) is 14.6. The van der Waals surface area contributed by atoms with E-state index in [-0.39, 0.29) is 11.5 Å². The molecule has 0 bridgehead atoms. The van der Waals surface area contributed by atoms with Crippen LogP contribution in [0.4, 0.5) is 0 Å². The van der Waals surface area contributed by atoms with E-state index in [1.54, 1.807) is 24.3 Å². The minimum atomic E-state index is -0.647. The molecule has 0 saturated carbocycles. The van der Waals surface area contributed by atoms with Gasteiger partial charge in [-0.25, -0.2) is 19.3 Å². The van der Waals surface area contributed by atoms with Gasteiger partial charge in [-0.15, -0.1) is 0 Å². The number of hydrogen-bond acceptors (Lipinski definition) is 7. The minimum Gasteiger partial charge on any atom is -0.465 e. The van der Waals surface area contributed by atoms with Gasteiger partial charge in [-0.05, 0) is 18.6 Å². The SMILES string of the molecule is CCCn1nc(-c2ccc(C(=O)OC)cc2)nc2c(=O)n(C)c(=O)nc1-2.